The second kappa shape index (κ2) is 7.37. The second-order valence-electron chi connectivity index (χ2n) is 6.37. The highest BCUT2D eigenvalue weighted by molar-refractivity contribution is 5.99. The Labute approximate surface area is 162 Å². The average molecular weight is 402 g/mol. The number of para-hydroxylation sites is 1. The molecular weight excluding hydrogens is 388 g/mol. The summed E-state index contributed by atoms with van der Waals surface area (Å²) >= 11 is 0. The molecule has 3 atom stereocenters. The standard InChI is InChI=1S/C16H14N6O7/c23-15(10-3-1-2-4-12(10)22(26)27)19-18-11-5-13(14-8-28-16(11)29-14)20-7-9(6-17-20)21(24)25/h1-4,6-7,13-14,16H,5,8H2,(H,19,23)/b18-11+/t13-,14-,16-/m1/s1. The fraction of sp³-hybridized carbons (Fsp3) is 0.312. The van der Waals surface area contributed by atoms with Gasteiger partial charge in [0, 0.05) is 12.5 Å². The van der Waals surface area contributed by atoms with Crippen LogP contribution in [0.25, 0.3) is 0 Å². The number of ether oxygens (including phenoxy) is 2. The van der Waals surface area contributed by atoms with Gasteiger partial charge in [-0.05, 0) is 6.07 Å². The topological polar surface area (TPSA) is 164 Å². The van der Waals surface area contributed by atoms with Gasteiger partial charge in [0.05, 0.1) is 28.2 Å². The zero-order chi connectivity index (χ0) is 20.5. The van der Waals surface area contributed by atoms with Gasteiger partial charge in [0.15, 0.2) is 6.29 Å². The number of nitrogens with one attached hydrogen (secondary N) is 1. The number of rotatable bonds is 5. The number of carbonyl (C=O) groups is 1. The molecule has 2 aliphatic rings. The van der Waals surface area contributed by atoms with Gasteiger partial charge in [0.1, 0.15) is 24.1 Å². The van der Waals surface area contributed by atoms with Crippen LogP contribution in [-0.4, -0.2) is 50.2 Å². The predicted octanol–water partition coefficient (Wildman–Crippen LogP) is 1.17. The van der Waals surface area contributed by atoms with Gasteiger partial charge in [-0.3, -0.25) is 29.7 Å². The van der Waals surface area contributed by atoms with Crippen LogP contribution in [0.2, 0.25) is 0 Å². The van der Waals surface area contributed by atoms with Crippen LogP contribution in [0.1, 0.15) is 22.8 Å². The number of carbonyl (C=O) groups excluding carboxylic acids is 1. The highest BCUT2D eigenvalue weighted by Crippen LogP contribution is 2.33. The molecule has 0 saturated carbocycles. The summed E-state index contributed by atoms with van der Waals surface area (Å²) in [4.78, 5) is 33.1. The summed E-state index contributed by atoms with van der Waals surface area (Å²) in [7, 11) is 0. The highest BCUT2D eigenvalue weighted by atomic mass is 16.7. The number of nitro benzene ring substituents is 1. The van der Waals surface area contributed by atoms with Crippen LogP contribution in [0.3, 0.4) is 0 Å². The first kappa shape index (κ1) is 18.6. The SMILES string of the molecule is O=C(N/N=C1\C[C@@H](n2cc([N+](=O)[O-])cn2)[C@H]2CO[C@@H]1O2)c1ccccc1[N+](=O)[O-]. The Morgan fingerprint density at radius 2 is 2.07 bits per heavy atom. The Morgan fingerprint density at radius 1 is 1.28 bits per heavy atom. The Morgan fingerprint density at radius 3 is 2.79 bits per heavy atom. The molecule has 13 heteroatoms. The minimum atomic E-state index is -0.771. The van der Waals surface area contributed by atoms with Gasteiger partial charge in [0.2, 0.25) is 0 Å². The van der Waals surface area contributed by atoms with Gasteiger partial charge < -0.3 is 9.47 Å². The molecule has 2 fully saturated rings. The van der Waals surface area contributed by atoms with Crippen molar-refractivity contribution in [3.05, 3.63) is 62.5 Å². The fourth-order valence-electron chi connectivity index (χ4n) is 3.21. The largest absolute Gasteiger partial charge is 0.344 e. The number of fused-ring (bicyclic) bond motifs is 2. The molecule has 2 bridgehead atoms. The third-order valence-corrected chi connectivity index (χ3v) is 4.61. The third kappa shape index (κ3) is 3.55. The summed E-state index contributed by atoms with van der Waals surface area (Å²) in [6, 6.07) is 5.08. The molecule has 0 aliphatic carbocycles. The van der Waals surface area contributed by atoms with Crippen molar-refractivity contribution in [1.82, 2.24) is 15.2 Å². The number of amides is 1. The molecule has 2 aliphatic heterocycles. The second-order valence-corrected chi connectivity index (χ2v) is 6.37. The van der Waals surface area contributed by atoms with Crippen LogP contribution in [0, 0.1) is 20.2 Å². The van der Waals surface area contributed by atoms with Gasteiger partial charge in [0.25, 0.3) is 11.6 Å². The first-order valence-electron chi connectivity index (χ1n) is 8.50. The van der Waals surface area contributed by atoms with E-state index in [1.807, 2.05) is 0 Å². The first-order valence-corrected chi connectivity index (χ1v) is 8.50. The molecule has 1 aromatic carbocycles. The maximum absolute atomic E-state index is 12.4. The molecule has 0 spiro atoms. The summed E-state index contributed by atoms with van der Waals surface area (Å²) < 4.78 is 12.6. The lowest BCUT2D eigenvalue weighted by atomic mass is 10.0. The van der Waals surface area contributed by atoms with Crippen molar-refractivity contribution >= 4 is 23.0 Å². The predicted molar refractivity (Wildman–Crippen MR) is 95.1 cm³/mol. The lowest BCUT2D eigenvalue weighted by Crippen LogP contribution is -2.38. The van der Waals surface area contributed by atoms with E-state index >= 15 is 0 Å². The van der Waals surface area contributed by atoms with Gasteiger partial charge in [-0.15, -0.1) is 0 Å². The molecule has 0 unspecified atom stereocenters. The molecule has 0 radical (unpaired) electrons. The third-order valence-electron chi connectivity index (χ3n) is 4.61. The van der Waals surface area contributed by atoms with Crippen LogP contribution in [-0.2, 0) is 9.47 Å². The van der Waals surface area contributed by atoms with Crippen molar-refractivity contribution in [2.75, 3.05) is 6.61 Å². The van der Waals surface area contributed by atoms with E-state index in [0.29, 0.717) is 5.71 Å². The molecule has 4 rings (SSSR count). The van der Waals surface area contributed by atoms with Crippen molar-refractivity contribution in [3.63, 3.8) is 0 Å². The van der Waals surface area contributed by atoms with Gasteiger partial charge in [-0.1, -0.05) is 12.1 Å². The number of benzene rings is 1. The Hall–Kier alpha value is -3.71. The smallest absolute Gasteiger partial charge is 0.307 e. The van der Waals surface area contributed by atoms with Crippen LogP contribution >= 0.6 is 0 Å². The normalized spacial score (nSPS) is 24.4. The number of nitrogens with zero attached hydrogens (tertiary/aromatic N) is 5. The van der Waals surface area contributed by atoms with E-state index in [9.17, 15) is 25.0 Å². The van der Waals surface area contributed by atoms with Crippen molar-refractivity contribution < 1.29 is 24.1 Å². The summed E-state index contributed by atoms with van der Waals surface area (Å²) in [5, 5.41) is 30.0. The van der Waals surface area contributed by atoms with Crippen molar-refractivity contribution in [1.29, 1.82) is 0 Å². The number of aromatic nitrogens is 2. The Balaban J connectivity index is 1.53. The van der Waals surface area contributed by atoms with Crippen LogP contribution in [0.5, 0.6) is 0 Å². The summed E-state index contributed by atoms with van der Waals surface area (Å²) in [5.74, 6) is -0.754. The molecule has 29 heavy (non-hydrogen) atoms. The van der Waals surface area contributed by atoms with Crippen molar-refractivity contribution in [3.8, 4) is 0 Å². The quantitative estimate of drug-likeness (QED) is 0.575. The summed E-state index contributed by atoms with van der Waals surface area (Å²) in [5.41, 5.74) is 1.99. The monoisotopic (exact) mass is 402 g/mol. The van der Waals surface area contributed by atoms with Gasteiger partial charge >= 0.3 is 5.69 Å². The first-order chi connectivity index (χ1) is 13.9. The van der Waals surface area contributed by atoms with Crippen molar-refractivity contribution in [2.24, 2.45) is 5.10 Å². The van der Waals surface area contributed by atoms with Crippen LogP contribution < -0.4 is 5.43 Å². The van der Waals surface area contributed by atoms with E-state index in [0.717, 1.165) is 6.20 Å². The van der Waals surface area contributed by atoms with Crippen molar-refractivity contribution in [2.45, 2.75) is 24.9 Å². The molecule has 1 aromatic heterocycles. The molecule has 150 valence electrons. The number of hydrogen-bond acceptors (Lipinski definition) is 9. The molecule has 1 amide bonds. The molecular formula is C16H14N6O7. The number of nitro groups is 2. The van der Waals surface area contributed by atoms with Gasteiger partial charge in [-0.2, -0.15) is 10.2 Å². The fourth-order valence-corrected chi connectivity index (χ4v) is 3.21. The van der Waals surface area contributed by atoms with Gasteiger partial charge in [-0.25, -0.2) is 5.43 Å². The van der Waals surface area contributed by atoms with E-state index in [1.54, 1.807) is 0 Å². The highest BCUT2D eigenvalue weighted by Gasteiger charge is 2.43. The Kier molecular flexibility index (Phi) is 4.74. The molecule has 1 N–H and O–H groups in total. The summed E-state index contributed by atoms with van der Waals surface area (Å²) in [6.45, 7) is 0.236. The molecule has 2 saturated heterocycles. The molecule has 2 aromatic rings. The lowest BCUT2D eigenvalue weighted by Gasteiger charge is -2.28. The molecule has 13 nitrogen and oxygen atoms in total. The zero-order valence-corrected chi connectivity index (χ0v) is 14.7. The van der Waals surface area contributed by atoms with E-state index in [2.05, 4.69) is 15.6 Å². The number of hydrazone groups is 1. The minimum Gasteiger partial charge on any atom is -0.344 e. The van der Waals surface area contributed by atoms with E-state index < -0.39 is 28.1 Å². The zero-order valence-electron chi connectivity index (χ0n) is 14.7. The maximum Gasteiger partial charge on any atom is 0.307 e. The van der Waals surface area contributed by atoms with Crippen LogP contribution in [0.15, 0.2) is 41.8 Å². The lowest BCUT2D eigenvalue weighted by molar-refractivity contribution is -0.385. The maximum atomic E-state index is 12.4. The minimum absolute atomic E-state index is 0.136. The number of hydrogen-bond donors (Lipinski definition) is 1. The summed E-state index contributed by atoms with van der Waals surface area (Å²) in [6.07, 6.45) is 1.55. The molecule has 3 heterocycles. The average Bonchev–Trinajstić information content (AvgIpc) is 3.36. The Bertz CT molecular complexity index is 1020. The van der Waals surface area contributed by atoms with E-state index in [4.69, 9.17) is 9.47 Å². The van der Waals surface area contributed by atoms with Crippen LogP contribution in [0.4, 0.5) is 11.4 Å². The van der Waals surface area contributed by atoms with E-state index in [-0.39, 0.29) is 36.1 Å². The van der Waals surface area contributed by atoms with E-state index in [1.165, 1.54) is 35.1 Å².